The van der Waals surface area contributed by atoms with Gasteiger partial charge in [-0.1, -0.05) is 30.2 Å². The Balaban J connectivity index is 1.63. The molecule has 0 unspecified atom stereocenters. The van der Waals surface area contributed by atoms with Crippen molar-refractivity contribution in [2.75, 3.05) is 26.2 Å². The summed E-state index contributed by atoms with van der Waals surface area (Å²) >= 11 is 5.82. The Kier molecular flexibility index (Phi) is 6.11. The zero-order valence-corrected chi connectivity index (χ0v) is 12.0. The monoisotopic (exact) mass is 283 g/mol. The molecule has 1 fully saturated rings. The van der Waals surface area contributed by atoms with Crippen LogP contribution in [0, 0.1) is 0 Å². The fraction of sp³-hybridized carbons (Fsp3) is 0.600. The summed E-state index contributed by atoms with van der Waals surface area (Å²) in [7, 11) is 0. The molecule has 106 valence electrons. The van der Waals surface area contributed by atoms with Crippen molar-refractivity contribution in [3.8, 4) is 0 Å². The molecule has 1 heterocycles. The molecule has 1 aliphatic rings. The minimum atomic E-state index is -0.398. The van der Waals surface area contributed by atoms with E-state index in [1.54, 1.807) is 0 Å². The Morgan fingerprint density at radius 2 is 1.84 bits per heavy atom. The third kappa shape index (κ3) is 5.49. The molecular weight excluding hydrogens is 262 g/mol. The van der Waals surface area contributed by atoms with E-state index in [0.717, 1.165) is 30.2 Å². The van der Waals surface area contributed by atoms with Gasteiger partial charge in [0.15, 0.2) is 0 Å². The van der Waals surface area contributed by atoms with Crippen molar-refractivity contribution in [1.29, 1.82) is 0 Å². The first-order chi connectivity index (χ1) is 9.24. The van der Waals surface area contributed by atoms with E-state index in [1.165, 1.54) is 19.3 Å². The second-order valence-corrected chi connectivity index (χ2v) is 5.59. The van der Waals surface area contributed by atoms with Gasteiger partial charge in [-0.15, -0.1) is 0 Å². The number of hydrogen-bond acceptors (Lipinski definition) is 3. The predicted octanol–water partition coefficient (Wildman–Crippen LogP) is 2.70. The first-order valence-corrected chi connectivity index (χ1v) is 7.34. The number of benzene rings is 1. The lowest BCUT2D eigenvalue weighted by Gasteiger charge is -2.28. The molecule has 0 aliphatic carbocycles. The third-order valence-electron chi connectivity index (χ3n) is 3.41. The summed E-state index contributed by atoms with van der Waals surface area (Å²) in [6.45, 7) is 3.84. The van der Waals surface area contributed by atoms with E-state index >= 15 is 0 Å². The molecule has 1 N–H and O–H groups in total. The van der Waals surface area contributed by atoms with Gasteiger partial charge in [0.05, 0.1) is 19.3 Å². The number of aliphatic hydroxyl groups excluding tert-OH is 1. The highest BCUT2D eigenvalue weighted by molar-refractivity contribution is 6.30. The van der Waals surface area contributed by atoms with Crippen molar-refractivity contribution >= 4 is 11.6 Å². The largest absolute Gasteiger partial charge is 0.389 e. The van der Waals surface area contributed by atoms with Crippen molar-refractivity contribution < 1.29 is 9.84 Å². The van der Waals surface area contributed by atoms with Crippen LogP contribution in [0.15, 0.2) is 24.3 Å². The molecule has 0 spiro atoms. The van der Waals surface area contributed by atoms with E-state index in [-0.39, 0.29) is 0 Å². The lowest BCUT2D eigenvalue weighted by Crippen LogP contribution is -2.38. The van der Waals surface area contributed by atoms with Crippen LogP contribution < -0.4 is 0 Å². The average Bonchev–Trinajstić information content (AvgIpc) is 2.42. The van der Waals surface area contributed by atoms with Gasteiger partial charge in [-0.05, 0) is 43.6 Å². The zero-order valence-electron chi connectivity index (χ0n) is 11.2. The minimum Gasteiger partial charge on any atom is -0.389 e. The molecule has 0 bridgehead atoms. The number of likely N-dealkylation sites (tertiary alicyclic amines) is 1. The lowest BCUT2D eigenvalue weighted by molar-refractivity contribution is 0.00713. The summed E-state index contributed by atoms with van der Waals surface area (Å²) in [5, 5.41) is 10.7. The van der Waals surface area contributed by atoms with E-state index in [2.05, 4.69) is 4.90 Å². The summed E-state index contributed by atoms with van der Waals surface area (Å²) in [5.41, 5.74) is 1.08. The van der Waals surface area contributed by atoms with Gasteiger partial charge in [0.2, 0.25) is 0 Å². The number of hydrogen-bond donors (Lipinski definition) is 1. The van der Waals surface area contributed by atoms with Crippen LogP contribution in [0.1, 0.15) is 24.8 Å². The number of aliphatic hydroxyl groups is 1. The molecule has 19 heavy (non-hydrogen) atoms. The normalized spacial score (nSPS) is 18.4. The maximum Gasteiger partial charge on any atom is 0.0900 e. The van der Waals surface area contributed by atoms with Crippen LogP contribution in [0.4, 0.5) is 0 Å². The Morgan fingerprint density at radius 1 is 1.16 bits per heavy atom. The van der Waals surface area contributed by atoms with Gasteiger partial charge < -0.3 is 14.7 Å². The number of halogens is 1. The number of ether oxygens (including phenoxy) is 1. The summed E-state index contributed by atoms with van der Waals surface area (Å²) in [6, 6.07) is 7.59. The maximum atomic E-state index is 9.94. The van der Waals surface area contributed by atoms with Crippen LogP contribution in [0.3, 0.4) is 0 Å². The molecule has 4 heteroatoms. The zero-order chi connectivity index (χ0) is 13.5. The average molecular weight is 284 g/mol. The predicted molar refractivity (Wildman–Crippen MR) is 77.4 cm³/mol. The third-order valence-corrected chi connectivity index (χ3v) is 3.66. The van der Waals surface area contributed by atoms with Gasteiger partial charge in [0.25, 0.3) is 0 Å². The first-order valence-electron chi connectivity index (χ1n) is 6.96. The van der Waals surface area contributed by atoms with Gasteiger partial charge in [0, 0.05) is 11.6 Å². The summed E-state index contributed by atoms with van der Waals surface area (Å²) in [4.78, 5) is 2.32. The molecular formula is C15H22ClNO2. The topological polar surface area (TPSA) is 32.7 Å². The molecule has 1 aromatic rings. The summed E-state index contributed by atoms with van der Waals surface area (Å²) in [5.74, 6) is 0. The quantitative estimate of drug-likeness (QED) is 0.871. The fourth-order valence-electron chi connectivity index (χ4n) is 2.39. The Labute approximate surface area is 120 Å². The smallest absolute Gasteiger partial charge is 0.0900 e. The highest BCUT2D eigenvalue weighted by Crippen LogP contribution is 2.11. The van der Waals surface area contributed by atoms with E-state index in [4.69, 9.17) is 16.3 Å². The van der Waals surface area contributed by atoms with Crippen LogP contribution in [0.2, 0.25) is 5.02 Å². The fourth-order valence-corrected chi connectivity index (χ4v) is 2.51. The van der Waals surface area contributed by atoms with Gasteiger partial charge in [-0.25, -0.2) is 0 Å². The van der Waals surface area contributed by atoms with Gasteiger partial charge in [-0.3, -0.25) is 0 Å². The SMILES string of the molecule is O[C@H](COCc1ccc(Cl)cc1)CN1CCCCC1. The number of piperidine rings is 1. The van der Waals surface area contributed by atoms with Crippen LogP contribution >= 0.6 is 11.6 Å². The highest BCUT2D eigenvalue weighted by Gasteiger charge is 2.14. The molecule has 0 amide bonds. The van der Waals surface area contributed by atoms with Crippen molar-refractivity contribution in [3.63, 3.8) is 0 Å². The van der Waals surface area contributed by atoms with Crippen LogP contribution in [0.5, 0.6) is 0 Å². The van der Waals surface area contributed by atoms with Crippen molar-refractivity contribution in [2.45, 2.75) is 32.0 Å². The molecule has 1 aromatic carbocycles. The lowest BCUT2D eigenvalue weighted by atomic mass is 10.1. The molecule has 0 aromatic heterocycles. The minimum absolute atomic E-state index is 0.388. The van der Waals surface area contributed by atoms with E-state index in [1.807, 2.05) is 24.3 Å². The summed E-state index contributed by atoms with van der Waals surface area (Å²) < 4.78 is 5.54. The van der Waals surface area contributed by atoms with Crippen molar-refractivity contribution in [2.24, 2.45) is 0 Å². The van der Waals surface area contributed by atoms with Gasteiger partial charge >= 0.3 is 0 Å². The molecule has 0 radical (unpaired) electrons. The second-order valence-electron chi connectivity index (χ2n) is 5.16. The highest BCUT2D eigenvalue weighted by atomic mass is 35.5. The van der Waals surface area contributed by atoms with Crippen molar-refractivity contribution in [1.82, 2.24) is 4.90 Å². The number of β-amino-alcohol motifs (C(OH)–C–C–N with tert-alkyl or cyclic N) is 1. The Hall–Kier alpha value is -0.610. The van der Waals surface area contributed by atoms with Crippen LogP contribution in [0.25, 0.3) is 0 Å². The van der Waals surface area contributed by atoms with E-state index in [0.29, 0.717) is 13.2 Å². The molecule has 3 nitrogen and oxygen atoms in total. The second kappa shape index (κ2) is 7.85. The summed E-state index contributed by atoms with van der Waals surface area (Å²) in [6.07, 6.45) is 3.42. The molecule has 1 atom stereocenters. The van der Waals surface area contributed by atoms with Crippen LogP contribution in [-0.4, -0.2) is 42.4 Å². The van der Waals surface area contributed by atoms with Gasteiger partial charge in [0.1, 0.15) is 0 Å². The number of nitrogens with zero attached hydrogens (tertiary/aromatic N) is 1. The molecule has 1 aliphatic heterocycles. The maximum absolute atomic E-state index is 9.94. The van der Waals surface area contributed by atoms with Gasteiger partial charge in [-0.2, -0.15) is 0 Å². The first kappa shape index (κ1) is 14.8. The molecule has 1 saturated heterocycles. The van der Waals surface area contributed by atoms with Crippen LogP contribution in [-0.2, 0) is 11.3 Å². The molecule has 0 saturated carbocycles. The van der Waals surface area contributed by atoms with E-state index < -0.39 is 6.10 Å². The standard InChI is InChI=1S/C15H22ClNO2/c16-14-6-4-13(5-7-14)11-19-12-15(18)10-17-8-2-1-3-9-17/h4-7,15,18H,1-3,8-12H2/t15-/m0/s1. The van der Waals surface area contributed by atoms with Crippen molar-refractivity contribution in [3.05, 3.63) is 34.9 Å². The Bertz CT molecular complexity index is 363. The van der Waals surface area contributed by atoms with E-state index in [9.17, 15) is 5.11 Å². The number of rotatable bonds is 6. The Morgan fingerprint density at radius 3 is 2.53 bits per heavy atom. The molecule has 2 rings (SSSR count).